The van der Waals surface area contributed by atoms with Crippen LogP contribution in [0.1, 0.15) is 0 Å². The molecule has 0 spiro atoms. The first-order valence-corrected chi connectivity index (χ1v) is 22.1. The van der Waals surface area contributed by atoms with E-state index in [1.54, 1.807) is 0 Å². The molecule has 0 N–H and O–H groups in total. The Labute approximate surface area is 360 Å². The molecule has 14 aromatic rings. The van der Waals surface area contributed by atoms with Crippen LogP contribution >= 0.6 is 11.3 Å². The minimum Gasteiger partial charge on any atom is -0.310 e. The highest BCUT2D eigenvalue weighted by atomic mass is 32.1. The molecule has 14 rings (SSSR count). The smallest absolute Gasteiger partial charge is 0.0789 e. The highest BCUT2D eigenvalue weighted by molar-refractivity contribution is 7.25. The van der Waals surface area contributed by atoms with Gasteiger partial charge in [-0.05, 0) is 93.7 Å². The van der Waals surface area contributed by atoms with Crippen LogP contribution in [0.15, 0.2) is 212 Å². The second-order valence-corrected chi connectivity index (χ2v) is 17.6. The largest absolute Gasteiger partial charge is 0.310 e. The standard InChI is InChI=1S/C58H35N3S/c1-2-12-36(13-3-1)42-19-10-14-38-15-11-20-43(56(38)42)37-24-26-39(27-25-37)59(41-28-30-47-46-18-6-9-23-54(46)62-55(47)35-41)40-29-33-52-53(34-40)61-51-22-8-5-17-45(51)49-32-31-48-44-16-4-7-21-50(44)60(52)57(48)58(49)61/h1-35H. The third kappa shape index (κ3) is 4.70. The molecule has 0 aliphatic carbocycles. The Hall–Kier alpha value is -7.92. The number of anilines is 3. The van der Waals surface area contributed by atoms with Gasteiger partial charge in [0.2, 0.25) is 0 Å². The molecule has 4 aromatic heterocycles. The molecule has 0 amide bonds. The first-order valence-electron chi connectivity index (χ1n) is 21.3. The lowest BCUT2D eigenvalue weighted by Crippen LogP contribution is -2.10. The van der Waals surface area contributed by atoms with Gasteiger partial charge in [0.15, 0.2) is 0 Å². The lowest BCUT2D eigenvalue weighted by atomic mass is 9.91. The molecule has 0 bridgehead atoms. The summed E-state index contributed by atoms with van der Waals surface area (Å²) in [5, 5.41) is 10.2. The van der Waals surface area contributed by atoms with Gasteiger partial charge in [-0.15, -0.1) is 11.3 Å². The van der Waals surface area contributed by atoms with E-state index in [0.29, 0.717) is 0 Å². The number of aromatic nitrogens is 2. The molecule has 0 saturated carbocycles. The van der Waals surface area contributed by atoms with Gasteiger partial charge >= 0.3 is 0 Å². The van der Waals surface area contributed by atoms with Gasteiger partial charge in [-0.2, -0.15) is 0 Å². The third-order valence-corrected chi connectivity index (χ3v) is 14.3. The SMILES string of the molecule is c1ccc(-c2cccc3cccc(-c4ccc(N(c5ccc6c(c5)sc5ccccc56)c5ccc6c(c5)n5c7ccccc7c7ccc8c9ccccc9n6c8c75)cc4)c23)cc1. The maximum absolute atomic E-state index is 2.52. The van der Waals surface area contributed by atoms with Crippen LogP contribution in [0.5, 0.6) is 0 Å². The maximum Gasteiger partial charge on any atom is 0.0789 e. The van der Waals surface area contributed by atoms with E-state index in [-0.39, 0.29) is 0 Å². The van der Waals surface area contributed by atoms with E-state index in [1.165, 1.54) is 108 Å². The van der Waals surface area contributed by atoms with Crippen molar-refractivity contribution in [2.75, 3.05) is 4.90 Å². The van der Waals surface area contributed by atoms with Crippen LogP contribution in [0, 0.1) is 0 Å². The molecular formula is C58H35N3S. The molecular weight excluding hydrogens is 771 g/mol. The Morgan fingerprint density at radius 2 is 0.855 bits per heavy atom. The van der Waals surface area contributed by atoms with Crippen molar-refractivity contribution in [3.8, 4) is 22.3 Å². The van der Waals surface area contributed by atoms with Crippen LogP contribution in [0.3, 0.4) is 0 Å². The van der Waals surface area contributed by atoms with E-state index < -0.39 is 0 Å². The topological polar surface area (TPSA) is 12.1 Å². The molecule has 0 saturated heterocycles. The number of nitrogens with zero attached hydrogens (tertiary/aromatic N) is 3. The third-order valence-electron chi connectivity index (χ3n) is 13.2. The molecule has 0 fully saturated rings. The van der Waals surface area contributed by atoms with E-state index in [4.69, 9.17) is 0 Å². The van der Waals surface area contributed by atoms with Gasteiger partial charge < -0.3 is 13.7 Å². The minimum atomic E-state index is 1.10. The Morgan fingerprint density at radius 3 is 1.56 bits per heavy atom. The number of fused-ring (bicyclic) bond motifs is 13. The molecule has 4 heteroatoms. The minimum absolute atomic E-state index is 1.10. The summed E-state index contributed by atoms with van der Waals surface area (Å²) >= 11 is 1.86. The normalized spacial score (nSPS) is 12.2. The molecule has 0 aliphatic rings. The molecule has 0 aliphatic heterocycles. The van der Waals surface area contributed by atoms with Gasteiger partial charge in [-0.3, -0.25) is 0 Å². The van der Waals surface area contributed by atoms with Gasteiger partial charge in [-0.1, -0.05) is 152 Å². The summed E-state index contributed by atoms with van der Waals surface area (Å²) in [6.07, 6.45) is 0. The zero-order chi connectivity index (χ0) is 40.5. The van der Waals surface area contributed by atoms with Crippen LogP contribution in [-0.4, -0.2) is 8.80 Å². The molecule has 0 radical (unpaired) electrons. The van der Waals surface area contributed by atoms with Crippen molar-refractivity contribution in [2.24, 2.45) is 0 Å². The van der Waals surface area contributed by atoms with Crippen LogP contribution in [0.25, 0.3) is 108 Å². The van der Waals surface area contributed by atoms with E-state index in [9.17, 15) is 0 Å². The van der Waals surface area contributed by atoms with Gasteiger partial charge in [-0.25, -0.2) is 0 Å². The van der Waals surface area contributed by atoms with Gasteiger partial charge in [0.25, 0.3) is 0 Å². The number of benzene rings is 10. The first-order chi connectivity index (χ1) is 30.8. The summed E-state index contributed by atoms with van der Waals surface area (Å²) in [6.45, 7) is 0. The van der Waals surface area contributed by atoms with Crippen LogP contribution in [0.4, 0.5) is 17.1 Å². The second kappa shape index (κ2) is 12.8. The van der Waals surface area contributed by atoms with Gasteiger partial charge in [0.1, 0.15) is 0 Å². The van der Waals surface area contributed by atoms with E-state index in [2.05, 4.69) is 226 Å². The van der Waals surface area contributed by atoms with Crippen molar-refractivity contribution >= 4 is 114 Å². The van der Waals surface area contributed by atoms with Crippen LogP contribution < -0.4 is 4.90 Å². The average molecular weight is 806 g/mol. The van der Waals surface area contributed by atoms with Crippen molar-refractivity contribution in [1.82, 2.24) is 8.80 Å². The summed E-state index contributed by atoms with van der Waals surface area (Å²) in [7, 11) is 0. The summed E-state index contributed by atoms with van der Waals surface area (Å²) < 4.78 is 7.61. The van der Waals surface area contributed by atoms with Gasteiger partial charge in [0.05, 0.1) is 33.1 Å². The molecule has 10 aromatic carbocycles. The fourth-order valence-corrected chi connectivity index (χ4v) is 11.7. The van der Waals surface area contributed by atoms with Crippen molar-refractivity contribution < 1.29 is 0 Å². The average Bonchev–Trinajstić information content (AvgIpc) is 4.00. The highest BCUT2D eigenvalue weighted by Gasteiger charge is 2.23. The molecule has 62 heavy (non-hydrogen) atoms. The number of thiophene rings is 1. The molecule has 288 valence electrons. The Bertz CT molecular complexity index is 4090. The molecule has 0 atom stereocenters. The fraction of sp³-hybridized carbons (Fsp3) is 0. The number of rotatable bonds is 5. The maximum atomic E-state index is 2.52. The zero-order valence-corrected chi connectivity index (χ0v) is 34.3. The predicted molar refractivity (Wildman–Crippen MR) is 266 cm³/mol. The Balaban J connectivity index is 1.02. The monoisotopic (exact) mass is 805 g/mol. The van der Waals surface area contributed by atoms with Crippen LogP contribution in [-0.2, 0) is 0 Å². The van der Waals surface area contributed by atoms with Crippen molar-refractivity contribution in [1.29, 1.82) is 0 Å². The summed E-state index contributed by atoms with van der Waals surface area (Å²) in [6, 6.07) is 78.5. The zero-order valence-electron chi connectivity index (χ0n) is 33.5. The van der Waals surface area contributed by atoms with Crippen molar-refractivity contribution in [2.45, 2.75) is 0 Å². The number of hydrogen-bond donors (Lipinski definition) is 0. The molecule has 3 nitrogen and oxygen atoms in total. The number of para-hydroxylation sites is 2. The van der Waals surface area contributed by atoms with Crippen molar-refractivity contribution in [3.05, 3.63) is 212 Å². The van der Waals surface area contributed by atoms with E-state index in [0.717, 1.165) is 17.1 Å². The fourth-order valence-electron chi connectivity index (χ4n) is 10.6. The van der Waals surface area contributed by atoms with Gasteiger partial charge in [0, 0.05) is 58.8 Å². The first kappa shape index (κ1) is 33.9. The second-order valence-electron chi connectivity index (χ2n) is 16.5. The summed E-state index contributed by atoms with van der Waals surface area (Å²) in [5.74, 6) is 0. The lowest BCUT2D eigenvalue weighted by Gasteiger charge is -2.26. The summed E-state index contributed by atoms with van der Waals surface area (Å²) in [5.41, 5.74) is 15.6. The molecule has 0 unspecified atom stereocenters. The van der Waals surface area contributed by atoms with E-state index in [1.807, 2.05) is 11.3 Å². The summed E-state index contributed by atoms with van der Waals surface area (Å²) in [4.78, 5) is 2.44. The van der Waals surface area contributed by atoms with E-state index >= 15 is 0 Å². The highest BCUT2D eigenvalue weighted by Crippen LogP contribution is 2.46. The van der Waals surface area contributed by atoms with Crippen molar-refractivity contribution in [3.63, 3.8) is 0 Å². The quantitative estimate of drug-likeness (QED) is 0.158. The Kier molecular flexibility index (Phi) is 6.99. The Morgan fingerprint density at radius 1 is 0.323 bits per heavy atom. The predicted octanol–water partition coefficient (Wildman–Crippen LogP) is 16.6. The molecule has 4 heterocycles. The van der Waals surface area contributed by atoms with Crippen LogP contribution in [0.2, 0.25) is 0 Å². The number of hydrogen-bond acceptors (Lipinski definition) is 2. The lowest BCUT2D eigenvalue weighted by molar-refractivity contribution is 1.24.